The maximum absolute atomic E-state index is 14.0. The number of carbonyl (C=O) groups is 6. The van der Waals surface area contributed by atoms with Gasteiger partial charge in [-0.25, -0.2) is 0 Å². The van der Waals surface area contributed by atoms with Crippen LogP contribution in [0.4, 0.5) is 0 Å². The van der Waals surface area contributed by atoms with E-state index in [4.69, 9.17) is 28.7 Å². The topological polar surface area (TPSA) is 338 Å². The van der Waals surface area contributed by atoms with Gasteiger partial charge in [-0.2, -0.15) is 0 Å². The Morgan fingerprint density at radius 3 is 1.60 bits per heavy atom. The zero-order valence-corrected chi connectivity index (χ0v) is 31.7. The second-order valence-corrected chi connectivity index (χ2v) is 13.3. The molecule has 16 N–H and O–H groups in total. The molecule has 19 nitrogen and oxygen atoms in total. The zero-order valence-electron chi connectivity index (χ0n) is 31.7. The number of carbonyl (C=O) groups excluding carboxylic acids is 6. The number of phenolic OH excluding ortho intramolecular Hbond substituents is 1. The predicted molar refractivity (Wildman–Crippen MR) is 215 cm³/mol. The minimum Gasteiger partial charge on any atom is -0.508 e. The van der Waals surface area contributed by atoms with Crippen molar-refractivity contribution in [1.82, 2.24) is 26.6 Å². The van der Waals surface area contributed by atoms with Crippen molar-refractivity contribution in [3.63, 3.8) is 0 Å². The SMILES string of the molecule is CC(=O)N[C@H](Cc1ccc(O)cc1)C(=O)N[C@H](CCCN=C(N)N)C(=O)N[C@@H](CCCN=C(N)N)C(=O)N[C@H](Cc1ccc2ccccc2c1)C(=O)NCC(N)=O. The summed E-state index contributed by atoms with van der Waals surface area (Å²) < 4.78 is 0. The lowest BCUT2D eigenvalue weighted by Gasteiger charge is -2.26. The fraction of sp³-hybridized carbons (Fsp3) is 0.368. The van der Waals surface area contributed by atoms with Gasteiger partial charge in [0.05, 0.1) is 6.54 Å². The Labute approximate surface area is 329 Å². The van der Waals surface area contributed by atoms with E-state index in [-0.39, 0.29) is 69.3 Å². The summed E-state index contributed by atoms with van der Waals surface area (Å²) in [6.45, 7) is 0.985. The van der Waals surface area contributed by atoms with Gasteiger partial charge in [0.15, 0.2) is 11.9 Å². The van der Waals surface area contributed by atoms with Crippen molar-refractivity contribution < 1.29 is 33.9 Å². The van der Waals surface area contributed by atoms with E-state index in [9.17, 15) is 33.9 Å². The smallest absolute Gasteiger partial charge is 0.243 e. The molecular formula is C38H52N12O7. The van der Waals surface area contributed by atoms with E-state index in [2.05, 4.69) is 36.6 Å². The maximum Gasteiger partial charge on any atom is 0.243 e. The summed E-state index contributed by atoms with van der Waals surface area (Å²) in [4.78, 5) is 86.6. The molecule has 0 aliphatic rings. The van der Waals surface area contributed by atoms with E-state index in [0.717, 1.165) is 10.8 Å². The van der Waals surface area contributed by atoms with Gasteiger partial charge in [0.2, 0.25) is 35.4 Å². The number of primary amides is 1. The van der Waals surface area contributed by atoms with Gasteiger partial charge in [0.1, 0.15) is 29.9 Å². The van der Waals surface area contributed by atoms with Crippen molar-refractivity contribution in [1.29, 1.82) is 0 Å². The molecule has 4 atom stereocenters. The van der Waals surface area contributed by atoms with E-state index in [0.29, 0.717) is 11.1 Å². The third kappa shape index (κ3) is 16.1. The van der Waals surface area contributed by atoms with E-state index in [1.165, 1.54) is 19.1 Å². The maximum atomic E-state index is 14.0. The van der Waals surface area contributed by atoms with Gasteiger partial charge in [-0.1, -0.05) is 54.6 Å². The van der Waals surface area contributed by atoms with Gasteiger partial charge < -0.3 is 60.4 Å². The van der Waals surface area contributed by atoms with E-state index >= 15 is 0 Å². The fourth-order valence-electron chi connectivity index (χ4n) is 5.79. The van der Waals surface area contributed by atoms with Gasteiger partial charge in [-0.3, -0.25) is 38.8 Å². The van der Waals surface area contributed by atoms with Crippen LogP contribution >= 0.6 is 0 Å². The largest absolute Gasteiger partial charge is 0.508 e. The molecule has 0 aliphatic heterocycles. The van der Waals surface area contributed by atoms with Crippen molar-refractivity contribution in [2.45, 2.75) is 69.6 Å². The van der Waals surface area contributed by atoms with Crippen LogP contribution in [0.25, 0.3) is 10.8 Å². The monoisotopic (exact) mass is 788 g/mol. The molecule has 0 heterocycles. The first-order valence-electron chi connectivity index (χ1n) is 18.2. The Morgan fingerprint density at radius 2 is 1.07 bits per heavy atom. The molecule has 0 aliphatic carbocycles. The first kappa shape index (κ1) is 44.5. The van der Waals surface area contributed by atoms with E-state index in [1.807, 2.05) is 42.5 Å². The highest BCUT2D eigenvalue weighted by Crippen LogP contribution is 2.17. The van der Waals surface area contributed by atoms with Crippen LogP contribution in [0.2, 0.25) is 0 Å². The summed E-state index contributed by atoms with van der Waals surface area (Å²) in [6.07, 6.45) is 0.518. The van der Waals surface area contributed by atoms with Gasteiger partial charge in [-0.15, -0.1) is 0 Å². The number of nitrogens with zero attached hydrogens (tertiary/aromatic N) is 2. The highest BCUT2D eigenvalue weighted by Gasteiger charge is 2.31. The average Bonchev–Trinajstić information content (AvgIpc) is 3.15. The fourth-order valence-corrected chi connectivity index (χ4v) is 5.79. The van der Waals surface area contributed by atoms with Gasteiger partial charge in [-0.05, 0) is 59.7 Å². The number of guanidine groups is 2. The van der Waals surface area contributed by atoms with Gasteiger partial charge in [0, 0.05) is 32.9 Å². The number of fused-ring (bicyclic) bond motifs is 1. The number of phenols is 1. The molecule has 0 unspecified atom stereocenters. The summed E-state index contributed by atoms with van der Waals surface area (Å²) in [5.74, 6) is -4.52. The molecule has 3 aromatic rings. The lowest BCUT2D eigenvalue weighted by atomic mass is 10.0. The Hall–Kier alpha value is -6.92. The van der Waals surface area contributed by atoms with Crippen LogP contribution in [0.1, 0.15) is 43.7 Å². The van der Waals surface area contributed by atoms with Crippen LogP contribution in [0.3, 0.4) is 0 Å². The summed E-state index contributed by atoms with van der Waals surface area (Å²) >= 11 is 0. The Balaban J connectivity index is 1.90. The van der Waals surface area contributed by atoms with Crippen LogP contribution in [0, 0.1) is 0 Å². The Bertz CT molecular complexity index is 1930. The lowest BCUT2D eigenvalue weighted by molar-refractivity contribution is -0.134. The molecule has 0 fully saturated rings. The number of amides is 6. The van der Waals surface area contributed by atoms with Crippen molar-refractivity contribution in [3.05, 3.63) is 77.9 Å². The highest BCUT2D eigenvalue weighted by atomic mass is 16.3. The highest BCUT2D eigenvalue weighted by molar-refractivity contribution is 5.96. The number of rotatable bonds is 22. The number of benzene rings is 3. The number of nitrogens with one attached hydrogen (secondary N) is 5. The molecule has 0 saturated carbocycles. The molecule has 0 aromatic heterocycles. The minimum absolute atomic E-state index is 0.00396. The Morgan fingerprint density at radius 1 is 0.596 bits per heavy atom. The molecule has 306 valence electrons. The second kappa shape index (κ2) is 22.5. The van der Waals surface area contributed by atoms with Crippen molar-refractivity contribution in [2.24, 2.45) is 38.7 Å². The first-order chi connectivity index (χ1) is 27.1. The predicted octanol–water partition coefficient (Wildman–Crippen LogP) is -2.00. The summed E-state index contributed by atoms with van der Waals surface area (Å²) in [5.41, 5.74) is 28.5. The van der Waals surface area contributed by atoms with Crippen molar-refractivity contribution in [2.75, 3.05) is 19.6 Å². The molecule has 3 rings (SSSR count). The third-order valence-electron chi connectivity index (χ3n) is 8.55. The standard InChI is InChI=1S/C38H52N12O7/c1-22(51)47-31(19-23-11-14-27(52)15-12-23)36(57)49-28(8-4-16-44-37(40)41)34(55)48-29(9-5-17-45-38(42)43)35(56)50-30(33(54)46-21-32(39)53)20-24-10-13-25-6-2-3-7-26(25)18-24/h2-3,6-7,10-15,18,28-31,52H,4-5,8-9,16-17,19-21H2,1H3,(H2,39,53)(H,46,54)(H,47,51)(H,48,55)(H,49,57)(H,50,56)(H4,40,41,44)(H4,42,43,45)/t28-,29+,30-,31-/m1/s1. The van der Waals surface area contributed by atoms with E-state index < -0.39 is 66.2 Å². The average molecular weight is 789 g/mol. The van der Waals surface area contributed by atoms with Crippen LogP contribution in [-0.2, 0) is 41.6 Å². The normalized spacial score (nSPS) is 12.8. The lowest BCUT2D eigenvalue weighted by Crippen LogP contribution is -2.58. The Kier molecular flexibility index (Phi) is 17.5. The van der Waals surface area contributed by atoms with Crippen LogP contribution in [0.15, 0.2) is 76.7 Å². The number of aromatic hydroxyl groups is 1. The molecule has 0 bridgehead atoms. The van der Waals surface area contributed by atoms with Gasteiger partial charge in [0.25, 0.3) is 0 Å². The molecule has 0 spiro atoms. The molecular weight excluding hydrogens is 736 g/mol. The molecule has 0 saturated heterocycles. The molecule has 57 heavy (non-hydrogen) atoms. The number of hydrogen-bond acceptors (Lipinski definition) is 9. The molecule has 3 aromatic carbocycles. The number of nitrogens with two attached hydrogens (primary N) is 5. The summed E-state index contributed by atoms with van der Waals surface area (Å²) in [5, 5.41) is 24.7. The van der Waals surface area contributed by atoms with Gasteiger partial charge >= 0.3 is 0 Å². The van der Waals surface area contributed by atoms with Crippen LogP contribution < -0.4 is 55.3 Å². The van der Waals surface area contributed by atoms with Crippen molar-refractivity contribution in [3.8, 4) is 5.75 Å². The molecule has 0 radical (unpaired) electrons. The van der Waals surface area contributed by atoms with Crippen LogP contribution in [-0.4, -0.2) is 96.3 Å². The molecule has 6 amide bonds. The van der Waals surface area contributed by atoms with Crippen LogP contribution in [0.5, 0.6) is 5.75 Å². The van der Waals surface area contributed by atoms with E-state index in [1.54, 1.807) is 12.1 Å². The quantitative estimate of drug-likeness (QED) is 0.0300. The number of hydrogen-bond donors (Lipinski definition) is 11. The minimum atomic E-state index is -1.27. The summed E-state index contributed by atoms with van der Waals surface area (Å²) in [6, 6.07) is 14.4. The second-order valence-electron chi connectivity index (χ2n) is 13.3. The first-order valence-corrected chi connectivity index (χ1v) is 18.2. The molecule has 19 heteroatoms. The zero-order chi connectivity index (χ0) is 41.9. The third-order valence-corrected chi connectivity index (χ3v) is 8.55. The van der Waals surface area contributed by atoms with Crippen molar-refractivity contribution >= 4 is 58.1 Å². The summed E-state index contributed by atoms with van der Waals surface area (Å²) in [7, 11) is 0. The number of aliphatic imine (C=N–C) groups is 2.